The normalized spacial score (nSPS) is 19.6. The van der Waals surface area contributed by atoms with Crippen LogP contribution < -0.4 is 15.2 Å². The van der Waals surface area contributed by atoms with Crippen LogP contribution in [0.1, 0.15) is 112 Å². The zero-order valence-corrected chi connectivity index (χ0v) is 24.1. The van der Waals surface area contributed by atoms with Crippen molar-refractivity contribution in [2.45, 2.75) is 114 Å². The summed E-state index contributed by atoms with van der Waals surface area (Å²) in [5.41, 5.74) is 6.97. The maximum atomic E-state index is 6.28. The SMILES string of the molecule is CC.CC.CC.Cc1nccc(C2NN(C3CCCCO3)c3ccc(O[C@@H](C)C(C)(C)C)cc32)n1. The number of hydrazine groups is 1. The summed E-state index contributed by atoms with van der Waals surface area (Å²) >= 11 is 0. The zero-order valence-electron chi connectivity index (χ0n) is 24.1. The molecular formula is C29H50N4O2. The highest BCUT2D eigenvalue weighted by Crippen LogP contribution is 2.41. The summed E-state index contributed by atoms with van der Waals surface area (Å²) in [5.74, 6) is 1.65. The van der Waals surface area contributed by atoms with Crippen molar-refractivity contribution < 1.29 is 9.47 Å². The highest BCUT2D eigenvalue weighted by atomic mass is 16.5. The summed E-state index contributed by atoms with van der Waals surface area (Å²) < 4.78 is 12.3. The molecule has 2 aliphatic heterocycles. The van der Waals surface area contributed by atoms with Gasteiger partial charge in [-0.25, -0.2) is 15.4 Å². The number of fused-ring (bicyclic) bond motifs is 1. The quantitative estimate of drug-likeness (QED) is 0.480. The number of benzene rings is 1. The van der Waals surface area contributed by atoms with Crippen LogP contribution in [0, 0.1) is 12.3 Å². The van der Waals surface area contributed by atoms with Gasteiger partial charge in [0.25, 0.3) is 0 Å². The van der Waals surface area contributed by atoms with Crippen molar-refractivity contribution in [3.8, 4) is 5.75 Å². The molecule has 1 N–H and O–H groups in total. The molecule has 4 rings (SSSR count). The molecule has 6 heteroatoms. The molecule has 0 spiro atoms. The Balaban J connectivity index is 0.000000949. The van der Waals surface area contributed by atoms with Crippen LogP contribution in [0.5, 0.6) is 5.75 Å². The highest BCUT2D eigenvalue weighted by Gasteiger charge is 2.36. The summed E-state index contributed by atoms with van der Waals surface area (Å²) in [6.07, 6.45) is 5.29. The minimum Gasteiger partial charge on any atom is -0.490 e. The van der Waals surface area contributed by atoms with Gasteiger partial charge in [0.15, 0.2) is 0 Å². The van der Waals surface area contributed by atoms with Gasteiger partial charge >= 0.3 is 0 Å². The van der Waals surface area contributed by atoms with Gasteiger partial charge in [0.05, 0.1) is 17.4 Å². The molecular weight excluding hydrogens is 436 g/mol. The van der Waals surface area contributed by atoms with Crippen molar-refractivity contribution in [3.05, 3.63) is 47.5 Å². The number of hydrogen-bond donors (Lipinski definition) is 1. The predicted molar refractivity (Wildman–Crippen MR) is 148 cm³/mol. The fraction of sp³-hybridized carbons (Fsp3) is 0.655. The van der Waals surface area contributed by atoms with Crippen LogP contribution in [0.15, 0.2) is 30.5 Å². The number of rotatable bonds is 4. The van der Waals surface area contributed by atoms with Gasteiger partial charge in [-0.05, 0) is 62.8 Å². The minimum atomic E-state index is -0.0503. The van der Waals surface area contributed by atoms with Gasteiger partial charge < -0.3 is 9.47 Å². The van der Waals surface area contributed by atoms with E-state index in [4.69, 9.17) is 9.47 Å². The van der Waals surface area contributed by atoms with Gasteiger partial charge in [-0.2, -0.15) is 0 Å². The van der Waals surface area contributed by atoms with Crippen molar-refractivity contribution >= 4 is 5.69 Å². The lowest BCUT2D eigenvalue weighted by atomic mass is 9.90. The first-order chi connectivity index (χ1) is 16.8. The Kier molecular flexibility index (Phi) is 13.3. The van der Waals surface area contributed by atoms with Gasteiger partial charge in [-0.15, -0.1) is 0 Å². The summed E-state index contributed by atoms with van der Waals surface area (Å²) in [7, 11) is 0. The molecule has 198 valence electrons. The van der Waals surface area contributed by atoms with Gasteiger partial charge in [-0.1, -0.05) is 62.3 Å². The maximum absolute atomic E-state index is 6.28. The predicted octanol–water partition coefficient (Wildman–Crippen LogP) is 7.62. The lowest BCUT2D eigenvalue weighted by Crippen LogP contribution is -2.46. The van der Waals surface area contributed by atoms with Crippen LogP contribution in [0.4, 0.5) is 5.69 Å². The Morgan fingerprint density at radius 2 is 1.74 bits per heavy atom. The fourth-order valence-corrected chi connectivity index (χ4v) is 3.74. The number of anilines is 1. The summed E-state index contributed by atoms with van der Waals surface area (Å²) in [5, 5.41) is 2.17. The van der Waals surface area contributed by atoms with E-state index in [2.05, 4.69) is 66.3 Å². The molecule has 0 radical (unpaired) electrons. The third-order valence-electron chi connectivity index (χ3n) is 5.91. The molecule has 0 bridgehead atoms. The van der Waals surface area contributed by atoms with Gasteiger partial charge in [0.2, 0.25) is 0 Å². The molecule has 1 fully saturated rings. The van der Waals surface area contributed by atoms with Crippen LogP contribution in [0.2, 0.25) is 0 Å². The van der Waals surface area contributed by atoms with E-state index < -0.39 is 0 Å². The number of nitrogens with one attached hydrogen (secondary N) is 1. The largest absolute Gasteiger partial charge is 0.490 e. The second-order valence-electron chi connectivity index (χ2n) is 9.13. The van der Waals surface area contributed by atoms with Crippen molar-refractivity contribution in [2.75, 3.05) is 11.6 Å². The smallest absolute Gasteiger partial charge is 0.144 e. The molecule has 1 aromatic carbocycles. The van der Waals surface area contributed by atoms with E-state index in [1.807, 2.05) is 60.7 Å². The second kappa shape index (κ2) is 15.0. The molecule has 3 heterocycles. The first kappa shape index (κ1) is 30.9. The molecule has 0 aliphatic carbocycles. The lowest BCUT2D eigenvalue weighted by molar-refractivity contribution is 0.00855. The maximum Gasteiger partial charge on any atom is 0.144 e. The molecule has 0 saturated carbocycles. The van der Waals surface area contributed by atoms with Crippen LogP contribution >= 0.6 is 0 Å². The Hall–Kier alpha value is -2.18. The fourth-order valence-electron chi connectivity index (χ4n) is 3.74. The summed E-state index contributed by atoms with van der Waals surface area (Å²) in [6.45, 7) is 23.4. The topological polar surface area (TPSA) is 59.5 Å². The average Bonchev–Trinajstić information content (AvgIpc) is 3.26. The first-order valence-electron chi connectivity index (χ1n) is 13.6. The number of aromatic nitrogens is 2. The van der Waals surface area contributed by atoms with E-state index in [0.29, 0.717) is 0 Å². The van der Waals surface area contributed by atoms with Crippen molar-refractivity contribution in [1.29, 1.82) is 0 Å². The molecule has 0 amide bonds. The monoisotopic (exact) mass is 486 g/mol. The van der Waals surface area contributed by atoms with Crippen molar-refractivity contribution in [2.24, 2.45) is 5.41 Å². The van der Waals surface area contributed by atoms with Gasteiger partial charge in [-0.3, -0.25) is 5.01 Å². The van der Waals surface area contributed by atoms with E-state index in [0.717, 1.165) is 48.0 Å². The lowest BCUT2D eigenvalue weighted by Gasteiger charge is -2.33. The Labute approximate surface area is 214 Å². The third kappa shape index (κ3) is 8.18. The van der Waals surface area contributed by atoms with E-state index >= 15 is 0 Å². The van der Waals surface area contributed by atoms with E-state index in [1.54, 1.807) is 0 Å². The number of nitrogens with zero attached hydrogens (tertiary/aromatic N) is 3. The number of hydrogen-bond acceptors (Lipinski definition) is 6. The van der Waals surface area contributed by atoms with Crippen molar-refractivity contribution in [1.82, 2.24) is 15.4 Å². The van der Waals surface area contributed by atoms with E-state index in [-0.39, 0.29) is 23.8 Å². The number of aryl methyl sites for hydroxylation is 1. The third-order valence-corrected chi connectivity index (χ3v) is 5.91. The molecule has 1 aromatic heterocycles. The van der Waals surface area contributed by atoms with Gasteiger partial charge in [0, 0.05) is 18.4 Å². The highest BCUT2D eigenvalue weighted by molar-refractivity contribution is 5.62. The standard InChI is InChI=1S/C23H32N4O2.3C2H6/c1-15(23(3,4)5)29-17-9-10-20-18(14-17)22(19-11-12-24-16(2)25-19)26-27(20)21-8-6-7-13-28-21;3*1-2/h9-12,14-15,21-22,26H,6-8,13H2,1-5H3;3*1-2H3/t15-,21?,22?;;;/m0.../s1. The minimum absolute atomic E-state index is 0.0377. The summed E-state index contributed by atoms with van der Waals surface area (Å²) in [4.78, 5) is 8.94. The van der Waals surface area contributed by atoms with E-state index in [9.17, 15) is 0 Å². The van der Waals surface area contributed by atoms with Crippen LogP contribution in [-0.4, -0.2) is 28.9 Å². The van der Waals surface area contributed by atoms with Gasteiger partial charge in [0.1, 0.15) is 23.9 Å². The molecule has 1 saturated heterocycles. The Morgan fingerprint density at radius 1 is 1.06 bits per heavy atom. The average molecular weight is 487 g/mol. The van der Waals surface area contributed by atoms with E-state index in [1.165, 1.54) is 6.42 Å². The second-order valence-corrected chi connectivity index (χ2v) is 9.13. The molecule has 6 nitrogen and oxygen atoms in total. The molecule has 3 atom stereocenters. The molecule has 2 aromatic rings. The summed E-state index contributed by atoms with van der Waals surface area (Å²) in [6, 6.07) is 8.27. The Bertz CT molecular complexity index is 860. The molecule has 35 heavy (non-hydrogen) atoms. The van der Waals surface area contributed by atoms with Crippen molar-refractivity contribution in [3.63, 3.8) is 0 Å². The van der Waals surface area contributed by atoms with Crippen LogP contribution in [-0.2, 0) is 4.74 Å². The zero-order chi connectivity index (χ0) is 26.6. The molecule has 2 aliphatic rings. The van der Waals surface area contributed by atoms with Crippen LogP contribution in [0.25, 0.3) is 0 Å². The van der Waals surface area contributed by atoms with Crippen LogP contribution in [0.3, 0.4) is 0 Å². The Morgan fingerprint density at radius 3 is 2.31 bits per heavy atom. The number of ether oxygens (including phenoxy) is 2. The first-order valence-corrected chi connectivity index (χ1v) is 13.6. The molecule has 2 unspecified atom stereocenters.